The molecule has 1 aromatic rings. The molecule has 0 saturated heterocycles. The molecule has 2 nitrogen and oxygen atoms in total. The predicted octanol–water partition coefficient (Wildman–Crippen LogP) is 5.02. The molecule has 4 aliphatic rings. The van der Waals surface area contributed by atoms with Crippen molar-refractivity contribution in [3.8, 4) is 0 Å². The molecule has 0 aliphatic heterocycles. The minimum absolute atomic E-state index is 0.505. The highest BCUT2D eigenvalue weighted by atomic mass is 16.5. The summed E-state index contributed by atoms with van der Waals surface area (Å²) in [6.07, 6.45) is 14.7. The number of aromatic nitrogens is 1. The Morgan fingerprint density at radius 1 is 1.09 bits per heavy atom. The lowest BCUT2D eigenvalue weighted by Crippen LogP contribution is -2.53. The number of rotatable bonds is 0. The van der Waals surface area contributed by atoms with Gasteiger partial charge in [-0.15, -0.1) is 0 Å². The molecule has 0 spiro atoms. The average Bonchev–Trinajstić information content (AvgIpc) is 3.09. The fourth-order valence-corrected chi connectivity index (χ4v) is 7.37. The molecule has 3 saturated carbocycles. The average molecular weight is 299 g/mol. The first kappa shape index (κ1) is 13.6. The lowest BCUT2D eigenvalue weighted by atomic mass is 9.45. The molecular weight excluding hydrogens is 270 g/mol. The Morgan fingerprint density at radius 2 is 2.00 bits per heavy atom. The molecule has 22 heavy (non-hydrogen) atoms. The highest BCUT2D eigenvalue weighted by molar-refractivity contribution is 5.24. The molecule has 2 heteroatoms. The quantitative estimate of drug-likeness (QED) is 0.672. The molecule has 1 aromatic heterocycles. The number of hydrogen-bond acceptors (Lipinski definition) is 2. The number of nitrogens with zero attached hydrogens (tertiary/aromatic N) is 1. The van der Waals surface area contributed by atoms with Crippen LogP contribution in [0.3, 0.4) is 0 Å². The molecule has 4 aliphatic carbocycles. The second-order valence-electron chi connectivity index (χ2n) is 9.41. The summed E-state index contributed by atoms with van der Waals surface area (Å²) in [5.74, 6) is 3.82. The van der Waals surface area contributed by atoms with Gasteiger partial charge in [-0.25, -0.2) is 0 Å². The highest BCUT2D eigenvalue weighted by Crippen LogP contribution is 2.65. The van der Waals surface area contributed by atoms with E-state index in [9.17, 15) is 0 Å². The van der Waals surface area contributed by atoms with Gasteiger partial charge in [0.1, 0.15) is 6.26 Å². The summed E-state index contributed by atoms with van der Waals surface area (Å²) < 4.78 is 5.29. The first-order valence-electron chi connectivity index (χ1n) is 9.52. The molecule has 1 unspecified atom stereocenters. The molecule has 0 bridgehead atoms. The van der Waals surface area contributed by atoms with Crippen LogP contribution in [-0.4, -0.2) is 5.16 Å². The summed E-state index contributed by atoms with van der Waals surface area (Å²) in [6.45, 7) is 5.22. The smallest absolute Gasteiger partial charge is 0.127 e. The molecule has 0 amide bonds. The Kier molecular flexibility index (Phi) is 2.72. The van der Waals surface area contributed by atoms with E-state index in [0.29, 0.717) is 10.8 Å². The molecular formula is C20H29NO. The SMILES string of the molecule is C[C@@]12CCC[C@H]1[C@@H]1CCC3Cc4nocc4C[C@]3(C)[C@H]1CC2. The van der Waals surface area contributed by atoms with Crippen molar-refractivity contribution in [2.24, 2.45) is 34.5 Å². The lowest BCUT2D eigenvalue weighted by Gasteiger charge is -2.59. The van der Waals surface area contributed by atoms with Gasteiger partial charge in [-0.3, -0.25) is 0 Å². The van der Waals surface area contributed by atoms with Crippen molar-refractivity contribution in [2.75, 3.05) is 0 Å². The van der Waals surface area contributed by atoms with Crippen LogP contribution >= 0.6 is 0 Å². The van der Waals surface area contributed by atoms with Crippen LogP contribution in [-0.2, 0) is 12.8 Å². The van der Waals surface area contributed by atoms with E-state index in [1.165, 1.54) is 69.0 Å². The number of fused-ring (bicyclic) bond motifs is 6. The summed E-state index contributed by atoms with van der Waals surface area (Å²) in [5.41, 5.74) is 3.87. The summed E-state index contributed by atoms with van der Waals surface area (Å²) in [5, 5.41) is 4.27. The van der Waals surface area contributed by atoms with Crippen molar-refractivity contribution in [3.05, 3.63) is 17.5 Å². The topological polar surface area (TPSA) is 26.0 Å². The lowest BCUT2D eigenvalue weighted by molar-refractivity contribution is -0.0901. The monoisotopic (exact) mass is 299 g/mol. The zero-order valence-corrected chi connectivity index (χ0v) is 14.1. The third kappa shape index (κ3) is 1.65. The van der Waals surface area contributed by atoms with Crippen molar-refractivity contribution in [1.82, 2.24) is 5.16 Å². The van der Waals surface area contributed by atoms with Crippen LogP contribution in [0.15, 0.2) is 10.8 Å². The third-order valence-electron chi connectivity index (χ3n) is 8.59. The number of hydrogen-bond donors (Lipinski definition) is 0. The van der Waals surface area contributed by atoms with E-state index in [2.05, 4.69) is 19.0 Å². The first-order chi connectivity index (χ1) is 10.6. The summed E-state index contributed by atoms with van der Waals surface area (Å²) in [6, 6.07) is 0. The Morgan fingerprint density at radius 3 is 2.91 bits per heavy atom. The maximum absolute atomic E-state index is 5.29. The van der Waals surface area contributed by atoms with E-state index in [1.807, 2.05) is 6.26 Å². The van der Waals surface area contributed by atoms with E-state index in [4.69, 9.17) is 4.52 Å². The van der Waals surface area contributed by atoms with Crippen molar-refractivity contribution >= 4 is 0 Å². The highest BCUT2D eigenvalue weighted by Gasteiger charge is 2.57. The van der Waals surface area contributed by atoms with Crippen LogP contribution in [0.2, 0.25) is 0 Å². The minimum Gasteiger partial charge on any atom is -0.364 e. The minimum atomic E-state index is 0.505. The van der Waals surface area contributed by atoms with Crippen LogP contribution in [0, 0.1) is 34.5 Å². The van der Waals surface area contributed by atoms with Gasteiger partial charge >= 0.3 is 0 Å². The van der Waals surface area contributed by atoms with E-state index in [0.717, 1.165) is 23.7 Å². The van der Waals surface area contributed by atoms with Gasteiger partial charge in [-0.05, 0) is 85.9 Å². The Balaban J connectivity index is 1.51. The second-order valence-corrected chi connectivity index (χ2v) is 9.41. The van der Waals surface area contributed by atoms with Gasteiger partial charge in [0.05, 0.1) is 5.69 Å². The van der Waals surface area contributed by atoms with Gasteiger partial charge in [-0.2, -0.15) is 0 Å². The summed E-state index contributed by atoms with van der Waals surface area (Å²) >= 11 is 0. The van der Waals surface area contributed by atoms with Gasteiger partial charge in [0.15, 0.2) is 0 Å². The van der Waals surface area contributed by atoms with Gasteiger partial charge in [0.25, 0.3) is 0 Å². The van der Waals surface area contributed by atoms with Crippen LogP contribution in [0.5, 0.6) is 0 Å². The maximum atomic E-state index is 5.29. The third-order valence-corrected chi connectivity index (χ3v) is 8.59. The van der Waals surface area contributed by atoms with Crippen molar-refractivity contribution in [2.45, 2.75) is 71.6 Å². The fourth-order valence-electron chi connectivity index (χ4n) is 7.37. The van der Waals surface area contributed by atoms with E-state index < -0.39 is 0 Å². The molecule has 5 rings (SSSR count). The predicted molar refractivity (Wildman–Crippen MR) is 86.4 cm³/mol. The van der Waals surface area contributed by atoms with Crippen LogP contribution < -0.4 is 0 Å². The Hall–Kier alpha value is -0.790. The Bertz CT molecular complexity index is 592. The summed E-state index contributed by atoms with van der Waals surface area (Å²) in [4.78, 5) is 0. The maximum Gasteiger partial charge on any atom is 0.127 e. The van der Waals surface area contributed by atoms with E-state index in [-0.39, 0.29) is 0 Å². The van der Waals surface area contributed by atoms with Crippen molar-refractivity contribution < 1.29 is 4.52 Å². The van der Waals surface area contributed by atoms with Crippen LogP contribution in [0.25, 0.3) is 0 Å². The molecule has 0 aromatic carbocycles. The fraction of sp³-hybridized carbons (Fsp3) is 0.850. The molecule has 1 heterocycles. The van der Waals surface area contributed by atoms with Gasteiger partial charge < -0.3 is 4.52 Å². The van der Waals surface area contributed by atoms with Crippen molar-refractivity contribution in [3.63, 3.8) is 0 Å². The van der Waals surface area contributed by atoms with E-state index in [1.54, 1.807) is 0 Å². The first-order valence-corrected chi connectivity index (χ1v) is 9.52. The molecule has 120 valence electrons. The zero-order chi connectivity index (χ0) is 14.9. The van der Waals surface area contributed by atoms with Gasteiger partial charge in [-0.1, -0.05) is 25.4 Å². The van der Waals surface area contributed by atoms with Gasteiger partial charge in [0, 0.05) is 5.56 Å². The zero-order valence-electron chi connectivity index (χ0n) is 14.1. The Labute approximate surface area is 134 Å². The van der Waals surface area contributed by atoms with Crippen LogP contribution in [0.1, 0.15) is 70.1 Å². The largest absolute Gasteiger partial charge is 0.364 e. The molecule has 3 fully saturated rings. The molecule has 0 N–H and O–H groups in total. The standard InChI is InChI=1S/C20H29NO/c1-19-8-3-4-16(19)15-6-5-14-10-18-13(12-22-21-18)11-20(14,2)17(15)7-9-19/h12,14-17H,3-11H2,1-2H3/t14?,15-,16-,17-,19-,20-/m0/s1. The van der Waals surface area contributed by atoms with Gasteiger partial charge in [0.2, 0.25) is 0 Å². The molecule has 6 atom stereocenters. The molecule has 0 radical (unpaired) electrons. The van der Waals surface area contributed by atoms with Crippen molar-refractivity contribution in [1.29, 1.82) is 0 Å². The summed E-state index contributed by atoms with van der Waals surface area (Å²) in [7, 11) is 0. The normalized spacial score (nSPS) is 49.9. The van der Waals surface area contributed by atoms with E-state index >= 15 is 0 Å². The van der Waals surface area contributed by atoms with Crippen LogP contribution in [0.4, 0.5) is 0 Å². The second kappa shape index (κ2) is 4.39.